The minimum absolute atomic E-state index is 0.204. The molecule has 7 rings (SSSR count). The molecule has 0 saturated carbocycles. The van der Waals surface area contributed by atoms with Crippen LogP contribution < -0.4 is 29.4 Å². The van der Waals surface area contributed by atoms with Gasteiger partial charge in [-0.15, -0.1) is 0 Å². The molecule has 0 radical (unpaired) electrons. The van der Waals surface area contributed by atoms with E-state index >= 15 is 0 Å². The van der Waals surface area contributed by atoms with Crippen LogP contribution in [-0.4, -0.2) is 42.5 Å². The van der Waals surface area contributed by atoms with Gasteiger partial charge >= 0.3 is 0 Å². The van der Waals surface area contributed by atoms with E-state index in [1.54, 1.807) is 26.4 Å². The van der Waals surface area contributed by atoms with Gasteiger partial charge in [0.05, 0.1) is 31.2 Å². The summed E-state index contributed by atoms with van der Waals surface area (Å²) in [6.45, 7) is 0.866. The predicted octanol–water partition coefficient (Wildman–Crippen LogP) is 4.30. The van der Waals surface area contributed by atoms with E-state index in [1.165, 1.54) is 10.9 Å². The second-order valence-corrected chi connectivity index (χ2v) is 9.14. The van der Waals surface area contributed by atoms with Crippen molar-refractivity contribution in [3.8, 4) is 23.0 Å². The third-order valence-corrected chi connectivity index (χ3v) is 7.22. The number of benzene rings is 3. The van der Waals surface area contributed by atoms with Crippen molar-refractivity contribution in [2.75, 3.05) is 32.5 Å². The molecule has 9 nitrogen and oxygen atoms in total. The monoisotopic (exact) mass is 496 g/mol. The van der Waals surface area contributed by atoms with Crippen LogP contribution in [0.25, 0.3) is 21.8 Å². The zero-order valence-corrected chi connectivity index (χ0v) is 20.3. The highest BCUT2D eigenvalue weighted by atomic mass is 16.7. The molecule has 0 aliphatic carbocycles. The maximum Gasteiger partial charge on any atom is 0.260 e. The molecule has 9 heteroatoms. The van der Waals surface area contributed by atoms with E-state index < -0.39 is 0 Å². The first kappa shape index (κ1) is 21.6. The van der Waals surface area contributed by atoms with Gasteiger partial charge in [0.1, 0.15) is 0 Å². The smallest absolute Gasteiger partial charge is 0.260 e. The van der Waals surface area contributed by atoms with Crippen LogP contribution in [0.1, 0.15) is 22.9 Å². The van der Waals surface area contributed by atoms with Gasteiger partial charge in [-0.3, -0.25) is 9.78 Å². The van der Waals surface area contributed by atoms with Crippen molar-refractivity contribution in [1.82, 2.24) is 15.0 Å². The Labute approximate surface area is 211 Å². The van der Waals surface area contributed by atoms with E-state index in [0.29, 0.717) is 40.6 Å². The van der Waals surface area contributed by atoms with Crippen LogP contribution in [0.5, 0.6) is 23.0 Å². The number of rotatable bonds is 4. The fraction of sp³-hybridized carbons (Fsp3) is 0.214. The van der Waals surface area contributed by atoms with E-state index in [1.807, 2.05) is 24.3 Å². The average Bonchev–Trinajstić information content (AvgIpc) is 3.55. The van der Waals surface area contributed by atoms with Crippen LogP contribution in [-0.2, 0) is 6.42 Å². The summed E-state index contributed by atoms with van der Waals surface area (Å²) in [4.78, 5) is 26.9. The summed E-state index contributed by atoms with van der Waals surface area (Å²) < 4.78 is 22.1. The number of ether oxygens (including phenoxy) is 4. The molecule has 2 aliphatic rings. The fourth-order valence-corrected chi connectivity index (χ4v) is 5.49. The average molecular weight is 497 g/mol. The Kier molecular flexibility index (Phi) is 4.78. The lowest BCUT2D eigenvalue weighted by molar-refractivity contribution is 0.174. The Balaban J connectivity index is 1.43. The van der Waals surface area contributed by atoms with Crippen molar-refractivity contribution < 1.29 is 18.9 Å². The molecule has 0 saturated heterocycles. The Morgan fingerprint density at radius 3 is 2.62 bits per heavy atom. The number of para-hydroxylation sites is 1. The van der Waals surface area contributed by atoms with E-state index in [4.69, 9.17) is 23.9 Å². The Bertz CT molecular complexity index is 1740. The second kappa shape index (κ2) is 8.19. The topological polar surface area (TPSA) is 102 Å². The number of nitrogens with zero attached hydrogens (tertiary/aromatic N) is 2. The normalized spacial score (nSPS) is 16.3. The van der Waals surface area contributed by atoms with Gasteiger partial charge in [-0.2, -0.15) is 0 Å². The molecule has 0 fully saturated rings. The van der Waals surface area contributed by atoms with E-state index in [2.05, 4.69) is 33.1 Å². The van der Waals surface area contributed by atoms with Crippen molar-refractivity contribution in [3.05, 3.63) is 81.8 Å². The number of aromatic nitrogens is 3. The highest BCUT2D eigenvalue weighted by Crippen LogP contribution is 2.43. The summed E-state index contributed by atoms with van der Waals surface area (Å²) in [6.07, 6.45) is 0.800. The van der Waals surface area contributed by atoms with Crippen LogP contribution >= 0.6 is 0 Å². The number of methoxy groups -OCH3 is 2. The van der Waals surface area contributed by atoms with Gasteiger partial charge in [0, 0.05) is 29.2 Å². The minimum Gasteiger partial charge on any atom is -0.493 e. The number of hydrogen-bond donors (Lipinski definition) is 2. The molecule has 0 amide bonds. The number of anilines is 1. The first-order valence-electron chi connectivity index (χ1n) is 12.1. The Morgan fingerprint density at radius 1 is 0.946 bits per heavy atom. The molecular weight excluding hydrogens is 472 g/mol. The number of H-pyrrole nitrogens is 2. The predicted molar refractivity (Wildman–Crippen MR) is 139 cm³/mol. The van der Waals surface area contributed by atoms with Crippen LogP contribution in [0.15, 0.2) is 59.4 Å². The summed E-state index contributed by atoms with van der Waals surface area (Å²) >= 11 is 0. The SMILES string of the molecule is COc1cc2nc(N3CCc4c([nH]c5ccccc45)C3c3ccc4c(c3)OCO4)[nH]c(=O)c2cc1OC. The zero-order valence-electron chi connectivity index (χ0n) is 20.3. The lowest BCUT2D eigenvalue weighted by Crippen LogP contribution is -2.38. The summed E-state index contributed by atoms with van der Waals surface area (Å²) in [5.74, 6) is 2.91. The second-order valence-electron chi connectivity index (χ2n) is 9.14. The molecule has 1 atom stereocenters. The highest BCUT2D eigenvalue weighted by Gasteiger charge is 2.34. The fourth-order valence-electron chi connectivity index (χ4n) is 5.49. The van der Waals surface area contributed by atoms with Crippen molar-refractivity contribution >= 4 is 27.8 Å². The van der Waals surface area contributed by atoms with Crippen molar-refractivity contribution in [2.24, 2.45) is 0 Å². The molecule has 2 N–H and O–H groups in total. The lowest BCUT2D eigenvalue weighted by atomic mass is 9.92. The van der Waals surface area contributed by atoms with Crippen LogP contribution in [0.2, 0.25) is 0 Å². The Morgan fingerprint density at radius 2 is 1.76 bits per heavy atom. The van der Waals surface area contributed by atoms with Crippen molar-refractivity contribution in [1.29, 1.82) is 0 Å². The molecule has 37 heavy (non-hydrogen) atoms. The highest BCUT2D eigenvalue weighted by molar-refractivity contribution is 5.86. The van der Waals surface area contributed by atoms with Gasteiger partial charge in [-0.05, 0) is 41.8 Å². The minimum atomic E-state index is -0.243. The van der Waals surface area contributed by atoms with Crippen LogP contribution in [0.4, 0.5) is 5.95 Å². The summed E-state index contributed by atoms with van der Waals surface area (Å²) in [5.41, 5.74) is 4.71. The summed E-state index contributed by atoms with van der Waals surface area (Å²) in [5, 5.41) is 1.64. The van der Waals surface area contributed by atoms with Gasteiger partial charge < -0.3 is 28.8 Å². The lowest BCUT2D eigenvalue weighted by Gasteiger charge is -2.36. The molecule has 0 bridgehead atoms. The van der Waals surface area contributed by atoms with Crippen LogP contribution in [0.3, 0.4) is 0 Å². The summed E-state index contributed by atoms with van der Waals surface area (Å²) in [6, 6.07) is 17.5. The standard InChI is InChI=1S/C28H24N4O5/c1-34-22-12-18-20(13-23(22)35-2)30-28(31-27(18)33)32-10-9-17-16-5-3-4-6-19(16)29-25(17)26(32)15-7-8-21-24(11-15)37-14-36-21/h3-8,11-13,26,29H,9-10,14H2,1-2H3,(H,30,31,33). The van der Waals surface area contributed by atoms with Gasteiger partial charge in [0.25, 0.3) is 5.56 Å². The molecule has 186 valence electrons. The first-order chi connectivity index (χ1) is 18.1. The van der Waals surface area contributed by atoms with E-state index in [9.17, 15) is 4.79 Å². The molecule has 3 aromatic carbocycles. The third-order valence-electron chi connectivity index (χ3n) is 7.22. The largest absolute Gasteiger partial charge is 0.493 e. The van der Waals surface area contributed by atoms with Gasteiger partial charge in [-0.1, -0.05) is 24.3 Å². The zero-order chi connectivity index (χ0) is 25.1. The molecule has 1 unspecified atom stereocenters. The maximum atomic E-state index is 13.2. The van der Waals surface area contributed by atoms with E-state index in [0.717, 1.165) is 28.9 Å². The van der Waals surface area contributed by atoms with Gasteiger partial charge in [0.2, 0.25) is 12.7 Å². The molecule has 0 spiro atoms. The number of fused-ring (bicyclic) bond motifs is 5. The Hall–Kier alpha value is -4.66. The third kappa shape index (κ3) is 3.31. The van der Waals surface area contributed by atoms with Crippen LogP contribution in [0, 0.1) is 0 Å². The van der Waals surface area contributed by atoms with Gasteiger partial charge in [-0.25, -0.2) is 4.98 Å². The molecule has 4 heterocycles. The molecule has 2 aliphatic heterocycles. The molecule has 2 aromatic heterocycles. The number of aromatic amines is 2. The number of nitrogens with one attached hydrogen (secondary N) is 2. The van der Waals surface area contributed by atoms with Crippen molar-refractivity contribution in [3.63, 3.8) is 0 Å². The first-order valence-corrected chi connectivity index (χ1v) is 12.1. The summed E-state index contributed by atoms with van der Waals surface area (Å²) in [7, 11) is 3.11. The maximum absolute atomic E-state index is 13.2. The van der Waals surface area contributed by atoms with E-state index in [-0.39, 0.29) is 18.4 Å². The quantitative estimate of drug-likeness (QED) is 0.383. The number of hydrogen-bond acceptors (Lipinski definition) is 7. The van der Waals surface area contributed by atoms with Gasteiger partial charge in [0.15, 0.2) is 23.0 Å². The molecule has 5 aromatic rings. The van der Waals surface area contributed by atoms with Crippen molar-refractivity contribution in [2.45, 2.75) is 12.5 Å². The molecular formula is C28H24N4O5.